The average molecular weight is 300 g/mol. The molecule has 3 N–H and O–H groups in total. The highest BCUT2D eigenvalue weighted by molar-refractivity contribution is 5.92. The van der Waals surface area contributed by atoms with E-state index < -0.39 is 30.1 Å². The second-order valence-electron chi connectivity index (χ2n) is 5.09. The van der Waals surface area contributed by atoms with Gasteiger partial charge in [-0.05, 0) is 13.3 Å². The van der Waals surface area contributed by atoms with Gasteiger partial charge in [-0.3, -0.25) is 19.2 Å². The lowest BCUT2D eigenvalue weighted by Crippen LogP contribution is -2.46. The number of amides is 2. The van der Waals surface area contributed by atoms with Crippen LogP contribution in [0.1, 0.15) is 46.5 Å². The molecule has 0 heterocycles. The van der Waals surface area contributed by atoms with Gasteiger partial charge in [-0.2, -0.15) is 0 Å². The predicted octanol–water partition coefficient (Wildman–Crippen LogP) is 0.477. The van der Waals surface area contributed by atoms with Crippen LogP contribution in [0, 0.1) is 5.92 Å². The quantitative estimate of drug-likeness (QED) is 0.543. The molecular formula is C14H24N2O5. The van der Waals surface area contributed by atoms with Crippen LogP contribution in [0.2, 0.25) is 0 Å². The minimum absolute atomic E-state index is 0.180. The molecule has 0 saturated heterocycles. The molecule has 0 aromatic carbocycles. The molecule has 0 radical (unpaired) electrons. The number of unbranched alkanes of at least 4 members (excludes halogenated alkanes) is 1. The van der Waals surface area contributed by atoms with Gasteiger partial charge in [0.1, 0.15) is 0 Å². The van der Waals surface area contributed by atoms with Crippen LogP contribution in [-0.2, 0) is 19.2 Å². The fourth-order valence-electron chi connectivity index (χ4n) is 1.70. The molecule has 120 valence electrons. The van der Waals surface area contributed by atoms with Crippen LogP contribution in [0.15, 0.2) is 0 Å². The van der Waals surface area contributed by atoms with E-state index in [1.807, 2.05) is 6.92 Å². The second kappa shape index (κ2) is 9.90. The summed E-state index contributed by atoms with van der Waals surface area (Å²) in [5.74, 6) is -2.59. The summed E-state index contributed by atoms with van der Waals surface area (Å²) in [5.41, 5.74) is 0. The normalized spacial score (nSPS) is 13.1. The Morgan fingerprint density at radius 3 is 2.29 bits per heavy atom. The van der Waals surface area contributed by atoms with E-state index in [-0.39, 0.29) is 18.4 Å². The van der Waals surface area contributed by atoms with Crippen LogP contribution < -0.4 is 10.6 Å². The monoisotopic (exact) mass is 300 g/mol. The second-order valence-corrected chi connectivity index (χ2v) is 5.09. The summed E-state index contributed by atoms with van der Waals surface area (Å²) in [4.78, 5) is 45.1. The number of carbonyl (C=O) groups is 4. The molecule has 0 fully saturated rings. The maximum absolute atomic E-state index is 11.7. The van der Waals surface area contributed by atoms with Gasteiger partial charge in [0, 0.05) is 5.92 Å². The first kappa shape index (κ1) is 19.1. The van der Waals surface area contributed by atoms with Gasteiger partial charge in [0.25, 0.3) is 0 Å². The van der Waals surface area contributed by atoms with Gasteiger partial charge in [0.05, 0.1) is 19.0 Å². The van der Waals surface area contributed by atoms with Crippen molar-refractivity contribution in [1.82, 2.24) is 10.6 Å². The van der Waals surface area contributed by atoms with Gasteiger partial charge >= 0.3 is 5.97 Å². The number of ketones is 1. The maximum Gasteiger partial charge on any atom is 0.305 e. The number of rotatable bonds is 10. The highest BCUT2D eigenvalue weighted by Gasteiger charge is 2.21. The van der Waals surface area contributed by atoms with Crippen molar-refractivity contribution in [3.63, 3.8) is 0 Å². The molecule has 2 unspecified atom stereocenters. The Hall–Kier alpha value is -1.92. The topological polar surface area (TPSA) is 113 Å². The molecule has 7 nitrogen and oxygen atoms in total. The summed E-state index contributed by atoms with van der Waals surface area (Å²) >= 11 is 0. The first-order chi connectivity index (χ1) is 9.77. The molecule has 2 atom stereocenters. The largest absolute Gasteiger partial charge is 0.481 e. The third-order valence-electron chi connectivity index (χ3n) is 3.07. The highest BCUT2D eigenvalue weighted by atomic mass is 16.4. The lowest BCUT2D eigenvalue weighted by Gasteiger charge is -2.15. The smallest absolute Gasteiger partial charge is 0.305 e. The molecular weight excluding hydrogens is 276 g/mol. The fourth-order valence-corrected chi connectivity index (χ4v) is 1.70. The van der Waals surface area contributed by atoms with Crippen LogP contribution in [-0.4, -0.2) is 41.3 Å². The molecule has 0 spiro atoms. The molecule has 7 heteroatoms. The van der Waals surface area contributed by atoms with E-state index in [0.717, 1.165) is 19.3 Å². The number of carboxylic acids is 1. The zero-order valence-electron chi connectivity index (χ0n) is 12.8. The van der Waals surface area contributed by atoms with Crippen molar-refractivity contribution in [2.75, 3.05) is 6.54 Å². The van der Waals surface area contributed by atoms with Crippen LogP contribution in [0.25, 0.3) is 0 Å². The van der Waals surface area contributed by atoms with E-state index in [2.05, 4.69) is 10.6 Å². The zero-order chi connectivity index (χ0) is 16.4. The number of hydrogen-bond donors (Lipinski definition) is 3. The third kappa shape index (κ3) is 8.78. The van der Waals surface area contributed by atoms with Crippen LogP contribution >= 0.6 is 0 Å². The van der Waals surface area contributed by atoms with Crippen molar-refractivity contribution in [2.45, 2.75) is 52.5 Å². The molecule has 21 heavy (non-hydrogen) atoms. The van der Waals surface area contributed by atoms with Crippen LogP contribution in [0.4, 0.5) is 0 Å². The lowest BCUT2D eigenvalue weighted by atomic mass is 10.0. The number of hydrogen-bond acceptors (Lipinski definition) is 4. The summed E-state index contributed by atoms with van der Waals surface area (Å²) < 4.78 is 0. The average Bonchev–Trinajstić information content (AvgIpc) is 2.40. The molecule has 0 aliphatic rings. The first-order valence-corrected chi connectivity index (χ1v) is 7.07. The van der Waals surface area contributed by atoms with Crippen LogP contribution in [0.3, 0.4) is 0 Å². The number of aliphatic carboxylic acids is 1. The van der Waals surface area contributed by atoms with E-state index in [0.29, 0.717) is 0 Å². The first-order valence-electron chi connectivity index (χ1n) is 7.07. The summed E-state index contributed by atoms with van der Waals surface area (Å²) in [6, 6.07) is -1.07. The number of Topliss-reactive ketones (excluding diaryl/α,β-unsaturated/α-hetero) is 1. The van der Waals surface area contributed by atoms with E-state index in [9.17, 15) is 19.2 Å². The van der Waals surface area contributed by atoms with Crippen molar-refractivity contribution >= 4 is 23.6 Å². The molecule has 0 aliphatic heterocycles. The maximum atomic E-state index is 11.7. The number of carboxylic acid groups (broad SMARTS) is 1. The van der Waals surface area contributed by atoms with E-state index >= 15 is 0 Å². The molecule has 0 saturated carbocycles. The van der Waals surface area contributed by atoms with Crippen molar-refractivity contribution in [1.29, 1.82) is 0 Å². The van der Waals surface area contributed by atoms with Gasteiger partial charge in [-0.15, -0.1) is 0 Å². The summed E-state index contributed by atoms with van der Waals surface area (Å²) in [7, 11) is 0. The summed E-state index contributed by atoms with van der Waals surface area (Å²) in [6.07, 6.45) is 2.21. The lowest BCUT2D eigenvalue weighted by molar-refractivity contribution is -0.140. The van der Waals surface area contributed by atoms with Crippen molar-refractivity contribution in [3.8, 4) is 0 Å². The molecule has 0 bridgehead atoms. The zero-order valence-corrected chi connectivity index (χ0v) is 12.8. The Balaban J connectivity index is 4.21. The van der Waals surface area contributed by atoms with Crippen LogP contribution in [0.5, 0.6) is 0 Å². The Morgan fingerprint density at radius 2 is 1.81 bits per heavy atom. The van der Waals surface area contributed by atoms with Crippen molar-refractivity contribution in [2.24, 2.45) is 5.92 Å². The Kier molecular flexibility index (Phi) is 9.00. The minimum atomic E-state index is -1.17. The number of carbonyl (C=O) groups excluding carboxylic acids is 3. The van der Waals surface area contributed by atoms with Crippen molar-refractivity contribution in [3.05, 3.63) is 0 Å². The van der Waals surface area contributed by atoms with Gasteiger partial charge in [0.15, 0.2) is 5.78 Å². The van der Waals surface area contributed by atoms with E-state index in [1.165, 1.54) is 6.92 Å². The predicted molar refractivity (Wildman–Crippen MR) is 76.6 cm³/mol. The standard InChI is InChI=1S/C14H24N2O5/c1-4-5-6-9(2)14(21)15-8-12(18)16-11(10(3)17)7-13(19)20/h9,11H,4-8H2,1-3H3,(H,15,21)(H,16,18)(H,19,20). The molecule has 0 aliphatic carbocycles. The van der Waals surface area contributed by atoms with E-state index in [4.69, 9.17) is 5.11 Å². The third-order valence-corrected chi connectivity index (χ3v) is 3.07. The molecule has 0 aromatic rings. The summed E-state index contributed by atoms with van der Waals surface area (Å²) in [6.45, 7) is 4.76. The highest BCUT2D eigenvalue weighted by Crippen LogP contribution is 2.07. The molecule has 2 amide bonds. The molecule has 0 rings (SSSR count). The van der Waals surface area contributed by atoms with Gasteiger partial charge in [0.2, 0.25) is 11.8 Å². The van der Waals surface area contributed by atoms with Crippen molar-refractivity contribution < 1.29 is 24.3 Å². The SMILES string of the molecule is CCCCC(C)C(=O)NCC(=O)NC(CC(=O)O)C(C)=O. The minimum Gasteiger partial charge on any atom is -0.481 e. The Labute approximate surface area is 124 Å². The van der Waals surface area contributed by atoms with Gasteiger partial charge in [-0.1, -0.05) is 26.7 Å². The Bertz CT molecular complexity index is 395. The van der Waals surface area contributed by atoms with E-state index in [1.54, 1.807) is 6.92 Å². The van der Waals surface area contributed by atoms with Gasteiger partial charge < -0.3 is 15.7 Å². The summed E-state index contributed by atoms with van der Waals surface area (Å²) in [5, 5.41) is 13.4. The Morgan fingerprint density at radius 1 is 1.19 bits per heavy atom. The molecule has 0 aromatic heterocycles. The van der Waals surface area contributed by atoms with Gasteiger partial charge in [-0.25, -0.2) is 0 Å². The number of nitrogens with one attached hydrogen (secondary N) is 2. The fraction of sp³-hybridized carbons (Fsp3) is 0.714.